The number of aliphatic hydroxyl groups is 1. The molecule has 0 aliphatic carbocycles. The first kappa shape index (κ1) is 11.7. The Hall–Kier alpha value is -0.770. The van der Waals surface area contributed by atoms with Crippen LogP contribution in [0, 0.1) is 0 Å². The van der Waals surface area contributed by atoms with Crippen molar-refractivity contribution in [2.24, 2.45) is 0 Å². The summed E-state index contributed by atoms with van der Waals surface area (Å²) in [6.07, 6.45) is 0.961. The first-order chi connectivity index (χ1) is 7.69. The van der Waals surface area contributed by atoms with Crippen molar-refractivity contribution < 1.29 is 5.11 Å². The molecule has 1 saturated heterocycles. The van der Waals surface area contributed by atoms with Crippen LogP contribution >= 0.6 is 11.6 Å². The summed E-state index contributed by atoms with van der Waals surface area (Å²) in [5, 5.41) is 13.4. The smallest absolute Gasteiger partial charge is 0.0631 e. The number of nitrogens with zero attached hydrogens (tertiary/aromatic N) is 1. The van der Waals surface area contributed by atoms with E-state index in [-0.39, 0.29) is 12.1 Å². The van der Waals surface area contributed by atoms with Crippen molar-refractivity contribution in [1.29, 1.82) is 0 Å². The molecule has 1 aliphatic heterocycles. The Morgan fingerprint density at radius 2 is 2.12 bits per heavy atom. The lowest BCUT2D eigenvalue weighted by Gasteiger charge is -2.27. The lowest BCUT2D eigenvalue weighted by Crippen LogP contribution is -2.48. The summed E-state index contributed by atoms with van der Waals surface area (Å²) in [7, 11) is 1.90. The molecule has 0 saturated carbocycles. The zero-order chi connectivity index (χ0) is 11.6. The standard InChI is InChI=1S/C12H17ClN2O/c1-14-12(9-16)6-7-15(8-12)11-4-2-10(13)3-5-11/h2-5,14,16H,6-9H2,1H3. The fourth-order valence-electron chi connectivity index (χ4n) is 2.16. The SMILES string of the molecule is CNC1(CO)CCN(c2ccc(Cl)cc2)C1. The number of aliphatic hydroxyl groups excluding tert-OH is 1. The summed E-state index contributed by atoms with van der Waals surface area (Å²) >= 11 is 5.86. The molecule has 1 atom stereocenters. The largest absolute Gasteiger partial charge is 0.394 e. The van der Waals surface area contributed by atoms with Crippen molar-refractivity contribution in [2.75, 3.05) is 31.6 Å². The van der Waals surface area contributed by atoms with Gasteiger partial charge in [0.15, 0.2) is 0 Å². The zero-order valence-electron chi connectivity index (χ0n) is 9.41. The highest BCUT2D eigenvalue weighted by molar-refractivity contribution is 6.30. The Kier molecular flexibility index (Phi) is 3.38. The molecule has 88 valence electrons. The van der Waals surface area contributed by atoms with Gasteiger partial charge < -0.3 is 15.3 Å². The molecule has 1 aromatic rings. The van der Waals surface area contributed by atoms with Crippen LogP contribution in [0.1, 0.15) is 6.42 Å². The Morgan fingerprint density at radius 1 is 1.44 bits per heavy atom. The number of halogens is 1. The van der Waals surface area contributed by atoms with E-state index >= 15 is 0 Å². The fourth-order valence-corrected chi connectivity index (χ4v) is 2.28. The molecular weight excluding hydrogens is 224 g/mol. The number of hydrogen-bond donors (Lipinski definition) is 2. The highest BCUT2D eigenvalue weighted by Gasteiger charge is 2.36. The van der Waals surface area contributed by atoms with Gasteiger partial charge in [-0.05, 0) is 37.7 Å². The number of hydrogen-bond acceptors (Lipinski definition) is 3. The maximum absolute atomic E-state index is 9.42. The van der Waals surface area contributed by atoms with Gasteiger partial charge in [0, 0.05) is 23.8 Å². The van der Waals surface area contributed by atoms with Gasteiger partial charge in [0.25, 0.3) is 0 Å². The van der Waals surface area contributed by atoms with E-state index < -0.39 is 0 Å². The van der Waals surface area contributed by atoms with Crippen molar-refractivity contribution in [3.05, 3.63) is 29.3 Å². The minimum atomic E-state index is -0.153. The molecule has 1 unspecified atom stereocenters. The number of anilines is 1. The van der Waals surface area contributed by atoms with E-state index in [9.17, 15) is 5.11 Å². The van der Waals surface area contributed by atoms with Crippen LogP contribution < -0.4 is 10.2 Å². The van der Waals surface area contributed by atoms with Gasteiger partial charge in [-0.3, -0.25) is 0 Å². The van der Waals surface area contributed by atoms with E-state index in [1.54, 1.807) is 0 Å². The average molecular weight is 241 g/mol. The monoisotopic (exact) mass is 240 g/mol. The molecule has 0 spiro atoms. The van der Waals surface area contributed by atoms with Crippen LogP contribution in [0.5, 0.6) is 0 Å². The second-order valence-electron chi connectivity index (χ2n) is 4.34. The van der Waals surface area contributed by atoms with E-state index in [0.717, 1.165) is 30.2 Å². The molecule has 2 rings (SSSR count). The Labute approximate surface area is 101 Å². The second-order valence-corrected chi connectivity index (χ2v) is 4.77. The first-order valence-corrected chi connectivity index (χ1v) is 5.87. The maximum Gasteiger partial charge on any atom is 0.0631 e. The summed E-state index contributed by atoms with van der Waals surface area (Å²) in [5.74, 6) is 0. The average Bonchev–Trinajstić information content (AvgIpc) is 2.75. The molecule has 1 heterocycles. The molecule has 4 heteroatoms. The zero-order valence-corrected chi connectivity index (χ0v) is 10.2. The molecule has 1 aromatic carbocycles. The van der Waals surface area contributed by atoms with Crippen molar-refractivity contribution in [1.82, 2.24) is 5.32 Å². The topological polar surface area (TPSA) is 35.5 Å². The minimum absolute atomic E-state index is 0.153. The van der Waals surface area contributed by atoms with Crippen LogP contribution in [0.3, 0.4) is 0 Å². The normalized spacial score (nSPS) is 25.1. The molecule has 16 heavy (non-hydrogen) atoms. The predicted octanol–water partition coefficient (Wildman–Crippen LogP) is 1.50. The van der Waals surface area contributed by atoms with Crippen molar-refractivity contribution in [2.45, 2.75) is 12.0 Å². The number of nitrogens with one attached hydrogen (secondary N) is 1. The van der Waals surface area contributed by atoms with Crippen LogP contribution in [0.25, 0.3) is 0 Å². The maximum atomic E-state index is 9.42. The fraction of sp³-hybridized carbons (Fsp3) is 0.500. The molecule has 1 fully saturated rings. The van der Waals surface area contributed by atoms with Crippen LogP contribution in [-0.2, 0) is 0 Å². The van der Waals surface area contributed by atoms with E-state index in [1.165, 1.54) is 0 Å². The molecule has 3 nitrogen and oxygen atoms in total. The van der Waals surface area contributed by atoms with Gasteiger partial charge in [-0.1, -0.05) is 11.6 Å². The van der Waals surface area contributed by atoms with Crippen LogP contribution in [0.15, 0.2) is 24.3 Å². The van der Waals surface area contributed by atoms with Crippen LogP contribution in [0.2, 0.25) is 5.02 Å². The molecule has 0 radical (unpaired) electrons. The Balaban J connectivity index is 2.11. The molecule has 2 N–H and O–H groups in total. The lowest BCUT2D eigenvalue weighted by atomic mass is 10.0. The van der Waals surface area contributed by atoms with Gasteiger partial charge in [0.05, 0.1) is 12.1 Å². The highest BCUT2D eigenvalue weighted by atomic mass is 35.5. The third kappa shape index (κ3) is 2.17. The van der Waals surface area contributed by atoms with Gasteiger partial charge >= 0.3 is 0 Å². The van der Waals surface area contributed by atoms with E-state index in [1.807, 2.05) is 31.3 Å². The predicted molar refractivity (Wildman–Crippen MR) is 67.2 cm³/mol. The van der Waals surface area contributed by atoms with Gasteiger partial charge in [-0.2, -0.15) is 0 Å². The van der Waals surface area contributed by atoms with Gasteiger partial charge in [0.2, 0.25) is 0 Å². The summed E-state index contributed by atoms with van der Waals surface area (Å²) in [4.78, 5) is 2.27. The molecule has 0 aromatic heterocycles. The molecular formula is C12H17ClN2O. The van der Waals surface area contributed by atoms with E-state index in [2.05, 4.69) is 10.2 Å². The third-order valence-electron chi connectivity index (χ3n) is 3.38. The molecule has 0 bridgehead atoms. The third-order valence-corrected chi connectivity index (χ3v) is 3.63. The Morgan fingerprint density at radius 3 is 2.62 bits per heavy atom. The van der Waals surface area contributed by atoms with Crippen molar-refractivity contribution >= 4 is 17.3 Å². The summed E-state index contributed by atoms with van der Waals surface area (Å²) < 4.78 is 0. The van der Waals surface area contributed by atoms with Crippen LogP contribution in [-0.4, -0.2) is 37.4 Å². The Bertz CT molecular complexity index is 349. The van der Waals surface area contributed by atoms with Crippen molar-refractivity contribution in [3.8, 4) is 0 Å². The van der Waals surface area contributed by atoms with E-state index in [4.69, 9.17) is 11.6 Å². The summed E-state index contributed by atoms with van der Waals surface area (Å²) in [6.45, 7) is 1.97. The number of benzene rings is 1. The molecule has 0 amide bonds. The lowest BCUT2D eigenvalue weighted by molar-refractivity contribution is 0.184. The number of likely N-dealkylation sites (N-methyl/N-ethyl adjacent to an activating group) is 1. The van der Waals surface area contributed by atoms with E-state index in [0.29, 0.717) is 0 Å². The summed E-state index contributed by atoms with van der Waals surface area (Å²) in [6, 6.07) is 7.83. The van der Waals surface area contributed by atoms with Crippen LogP contribution in [0.4, 0.5) is 5.69 Å². The summed E-state index contributed by atoms with van der Waals surface area (Å²) in [5.41, 5.74) is 1.01. The number of rotatable bonds is 3. The first-order valence-electron chi connectivity index (χ1n) is 5.49. The minimum Gasteiger partial charge on any atom is -0.394 e. The second kappa shape index (κ2) is 4.62. The highest BCUT2D eigenvalue weighted by Crippen LogP contribution is 2.27. The quantitative estimate of drug-likeness (QED) is 0.841. The van der Waals surface area contributed by atoms with Gasteiger partial charge in [-0.25, -0.2) is 0 Å². The van der Waals surface area contributed by atoms with Crippen molar-refractivity contribution in [3.63, 3.8) is 0 Å². The van der Waals surface area contributed by atoms with Gasteiger partial charge in [0.1, 0.15) is 0 Å². The van der Waals surface area contributed by atoms with Gasteiger partial charge in [-0.15, -0.1) is 0 Å². The molecule has 1 aliphatic rings.